The van der Waals surface area contributed by atoms with Crippen LogP contribution in [0.3, 0.4) is 0 Å². The number of ketones is 1. The van der Waals surface area contributed by atoms with Gasteiger partial charge >= 0.3 is 5.97 Å². The number of aromatic nitrogens is 5. The zero-order valence-electron chi connectivity index (χ0n) is 16.9. The van der Waals surface area contributed by atoms with Crippen molar-refractivity contribution >= 4 is 40.7 Å². The molecule has 1 aromatic carbocycles. The van der Waals surface area contributed by atoms with Gasteiger partial charge in [-0.05, 0) is 51.1 Å². The number of Topliss-reactive ketones (excluding diaryl/α,β-unsaturated/α-hetero) is 1. The Morgan fingerprint density at radius 1 is 1.03 bits per heavy atom. The van der Waals surface area contributed by atoms with Crippen molar-refractivity contribution in [3.8, 4) is 5.69 Å². The Balaban J connectivity index is 1.53. The molecule has 0 saturated carbocycles. The summed E-state index contributed by atoms with van der Waals surface area (Å²) in [6.45, 7) is 5.03. The Morgan fingerprint density at radius 2 is 1.74 bits per heavy atom. The normalized spacial score (nSPS) is 11.1. The molecule has 3 heterocycles. The third-order valence-electron chi connectivity index (χ3n) is 4.78. The lowest BCUT2D eigenvalue weighted by Gasteiger charge is -2.11. The lowest BCUT2D eigenvalue weighted by molar-refractivity contribution is 0.0462. The SMILES string of the molecule is Cc1cc(C(=O)COC(=O)c2nc3nccc(C)n3n2)c(C)n1-c1cc(Cl)cc(Cl)c1. The first-order valence-corrected chi connectivity index (χ1v) is 10.0. The van der Waals surface area contributed by atoms with Crippen LogP contribution in [0, 0.1) is 20.8 Å². The van der Waals surface area contributed by atoms with E-state index in [-0.39, 0.29) is 17.4 Å². The third kappa shape index (κ3) is 4.04. The fraction of sp³-hybridized carbons (Fsp3) is 0.190. The highest BCUT2D eigenvalue weighted by Gasteiger charge is 2.21. The molecule has 31 heavy (non-hydrogen) atoms. The summed E-state index contributed by atoms with van der Waals surface area (Å²) in [5.74, 6) is -1.02. The van der Waals surface area contributed by atoms with Gasteiger partial charge in [-0.1, -0.05) is 23.2 Å². The van der Waals surface area contributed by atoms with E-state index in [1.165, 1.54) is 4.52 Å². The van der Waals surface area contributed by atoms with Crippen LogP contribution >= 0.6 is 23.2 Å². The Hall–Kier alpha value is -3.23. The summed E-state index contributed by atoms with van der Waals surface area (Å²) in [7, 11) is 0. The van der Waals surface area contributed by atoms with Gasteiger partial charge in [0, 0.05) is 44.6 Å². The molecule has 0 radical (unpaired) electrons. The summed E-state index contributed by atoms with van der Waals surface area (Å²) in [5.41, 5.74) is 3.43. The van der Waals surface area contributed by atoms with E-state index in [4.69, 9.17) is 27.9 Å². The summed E-state index contributed by atoms with van der Waals surface area (Å²) in [6, 6.07) is 8.62. The minimum absolute atomic E-state index is 0.159. The van der Waals surface area contributed by atoms with Gasteiger partial charge in [-0.25, -0.2) is 14.3 Å². The molecular formula is C21H17Cl2N5O3. The van der Waals surface area contributed by atoms with Crippen LogP contribution in [-0.4, -0.2) is 42.5 Å². The molecule has 10 heteroatoms. The molecule has 4 rings (SSSR count). The maximum absolute atomic E-state index is 12.8. The number of benzene rings is 1. The second kappa shape index (κ2) is 8.13. The predicted molar refractivity (Wildman–Crippen MR) is 115 cm³/mol. The summed E-state index contributed by atoms with van der Waals surface area (Å²) in [5, 5.41) is 5.06. The molecular weight excluding hydrogens is 441 g/mol. The van der Waals surface area contributed by atoms with Crippen molar-refractivity contribution < 1.29 is 14.3 Å². The number of hydrogen-bond acceptors (Lipinski definition) is 6. The van der Waals surface area contributed by atoms with Crippen molar-refractivity contribution in [2.75, 3.05) is 6.61 Å². The molecule has 4 aromatic rings. The molecule has 0 N–H and O–H groups in total. The highest BCUT2D eigenvalue weighted by atomic mass is 35.5. The molecule has 0 spiro atoms. The largest absolute Gasteiger partial charge is 0.451 e. The van der Waals surface area contributed by atoms with E-state index >= 15 is 0 Å². The molecule has 0 aliphatic carbocycles. The number of aryl methyl sites for hydroxylation is 2. The number of carbonyl (C=O) groups is 2. The van der Waals surface area contributed by atoms with Gasteiger partial charge in [-0.2, -0.15) is 4.98 Å². The number of halogens is 2. The number of hydrogen-bond donors (Lipinski definition) is 0. The van der Waals surface area contributed by atoms with Gasteiger partial charge in [-0.3, -0.25) is 4.79 Å². The van der Waals surface area contributed by atoms with Gasteiger partial charge in [0.1, 0.15) is 0 Å². The van der Waals surface area contributed by atoms with Crippen LogP contribution in [0.4, 0.5) is 0 Å². The average Bonchev–Trinajstić information content (AvgIpc) is 3.27. The zero-order valence-corrected chi connectivity index (χ0v) is 18.4. The molecule has 158 valence electrons. The first-order valence-electron chi connectivity index (χ1n) is 9.28. The molecule has 0 aliphatic rings. The molecule has 0 saturated heterocycles. The second-order valence-electron chi connectivity index (χ2n) is 6.98. The van der Waals surface area contributed by atoms with E-state index in [1.807, 2.05) is 18.4 Å². The van der Waals surface area contributed by atoms with Crippen molar-refractivity contribution in [3.05, 3.63) is 75.0 Å². The predicted octanol–water partition coefficient (Wildman–Crippen LogP) is 4.19. The average molecular weight is 458 g/mol. The maximum Gasteiger partial charge on any atom is 0.378 e. The van der Waals surface area contributed by atoms with Crippen LogP contribution in [0.5, 0.6) is 0 Å². The molecule has 0 bridgehead atoms. The van der Waals surface area contributed by atoms with Crippen molar-refractivity contribution in [2.45, 2.75) is 20.8 Å². The highest BCUT2D eigenvalue weighted by Crippen LogP contribution is 2.26. The number of ether oxygens (including phenoxy) is 1. The quantitative estimate of drug-likeness (QED) is 0.329. The van der Waals surface area contributed by atoms with Crippen LogP contribution < -0.4 is 0 Å². The standard InChI is InChI=1S/C21H17Cl2N5O3/c1-11-4-5-24-21-25-19(26-28(11)21)20(30)31-10-18(29)17-6-12(2)27(13(17)3)16-8-14(22)7-15(23)9-16/h4-9H,10H2,1-3H3. The van der Waals surface area contributed by atoms with Crippen LogP contribution in [0.1, 0.15) is 38.1 Å². The summed E-state index contributed by atoms with van der Waals surface area (Å²) < 4.78 is 8.45. The Kier molecular flexibility index (Phi) is 5.51. The molecule has 0 unspecified atom stereocenters. The number of fused-ring (bicyclic) bond motifs is 1. The molecule has 0 atom stereocenters. The van der Waals surface area contributed by atoms with E-state index in [2.05, 4.69) is 15.1 Å². The second-order valence-corrected chi connectivity index (χ2v) is 7.85. The fourth-order valence-electron chi connectivity index (χ4n) is 3.38. The van der Waals surface area contributed by atoms with Gasteiger partial charge in [0.05, 0.1) is 0 Å². The number of rotatable bonds is 5. The van der Waals surface area contributed by atoms with Crippen LogP contribution in [0.15, 0.2) is 36.5 Å². The summed E-state index contributed by atoms with van der Waals surface area (Å²) in [4.78, 5) is 33.2. The number of esters is 1. The van der Waals surface area contributed by atoms with Crippen LogP contribution in [0.2, 0.25) is 10.0 Å². The van der Waals surface area contributed by atoms with E-state index in [9.17, 15) is 9.59 Å². The van der Waals surface area contributed by atoms with Gasteiger partial charge < -0.3 is 9.30 Å². The number of carbonyl (C=O) groups excluding carboxylic acids is 2. The molecule has 0 fully saturated rings. The first-order chi connectivity index (χ1) is 14.7. The first kappa shape index (κ1) is 21.0. The monoisotopic (exact) mass is 457 g/mol. The van der Waals surface area contributed by atoms with Gasteiger partial charge in [0.2, 0.25) is 5.78 Å². The molecule has 0 amide bonds. The van der Waals surface area contributed by atoms with E-state index in [0.29, 0.717) is 21.3 Å². The van der Waals surface area contributed by atoms with Gasteiger partial charge in [0.15, 0.2) is 6.61 Å². The smallest absolute Gasteiger partial charge is 0.378 e. The van der Waals surface area contributed by atoms with E-state index < -0.39 is 12.6 Å². The molecule has 8 nitrogen and oxygen atoms in total. The molecule has 0 aliphatic heterocycles. The topological polar surface area (TPSA) is 91.4 Å². The van der Waals surface area contributed by atoms with Crippen LogP contribution in [-0.2, 0) is 4.74 Å². The van der Waals surface area contributed by atoms with Crippen molar-refractivity contribution in [1.29, 1.82) is 0 Å². The lowest BCUT2D eigenvalue weighted by atomic mass is 10.1. The summed E-state index contributed by atoms with van der Waals surface area (Å²) >= 11 is 12.2. The lowest BCUT2D eigenvalue weighted by Crippen LogP contribution is -2.16. The molecule has 3 aromatic heterocycles. The van der Waals surface area contributed by atoms with E-state index in [0.717, 1.165) is 17.1 Å². The zero-order chi connectivity index (χ0) is 22.3. The number of nitrogens with zero attached hydrogens (tertiary/aromatic N) is 5. The Labute approximate surface area is 187 Å². The van der Waals surface area contributed by atoms with Gasteiger partial charge in [-0.15, -0.1) is 5.10 Å². The minimum Gasteiger partial charge on any atom is -0.451 e. The minimum atomic E-state index is -0.798. The summed E-state index contributed by atoms with van der Waals surface area (Å²) in [6.07, 6.45) is 1.57. The highest BCUT2D eigenvalue weighted by molar-refractivity contribution is 6.34. The van der Waals surface area contributed by atoms with E-state index in [1.54, 1.807) is 43.5 Å². The Morgan fingerprint density at radius 3 is 2.42 bits per heavy atom. The maximum atomic E-state index is 12.8. The van der Waals surface area contributed by atoms with Gasteiger partial charge in [0.25, 0.3) is 11.6 Å². The van der Waals surface area contributed by atoms with Crippen molar-refractivity contribution in [2.24, 2.45) is 0 Å². The third-order valence-corrected chi connectivity index (χ3v) is 5.22. The van der Waals surface area contributed by atoms with Crippen molar-refractivity contribution in [1.82, 2.24) is 24.1 Å². The van der Waals surface area contributed by atoms with Crippen molar-refractivity contribution in [3.63, 3.8) is 0 Å². The Bertz CT molecular complexity index is 1320. The fourth-order valence-corrected chi connectivity index (χ4v) is 3.89. The van der Waals surface area contributed by atoms with Crippen LogP contribution in [0.25, 0.3) is 11.5 Å².